The number of anilines is 4. The minimum absolute atomic E-state index is 0.223. The number of nitrogens with zero attached hydrogens (tertiary/aromatic N) is 9. The van der Waals surface area contributed by atoms with Gasteiger partial charge in [0.2, 0.25) is 11.9 Å². The van der Waals surface area contributed by atoms with Gasteiger partial charge in [-0.25, -0.2) is 29.5 Å². The summed E-state index contributed by atoms with van der Waals surface area (Å²) >= 11 is 0. The molecule has 0 aliphatic carbocycles. The Labute approximate surface area is 480 Å². The average Bonchev–Trinajstić information content (AvgIpc) is 3.62. The molecule has 8 rings (SSSR count). The highest BCUT2D eigenvalue weighted by Gasteiger charge is 2.22. The van der Waals surface area contributed by atoms with Crippen LogP contribution in [-0.4, -0.2) is 192 Å². The maximum Gasteiger partial charge on any atom is 0.320 e. The highest BCUT2D eigenvalue weighted by Crippen LogP contribution is 2.37. The van der Waals surface area contributed by atoms with Gasteiger partial charge in [0.25, 0.3) is 0 Å². The summed E-state index contributed by atoms with van der Waals surface area (Å²) in [4.78, 5) is 71.4. The molecule has 24 heteroatoms. The quantitative estimate of drug-likeness (QED) is 0.0311. The van der Waals surface area contributed by atoms with Gasteiger partial charge < -0.3 is 65.3 Å². The van der Waals surface area contributed by atoms with Gasteiger partial charge in [0.1, 0.15) is 34.6 Å². The normalized spacial score (nSPS) is 14.3. The molecule has 6 aromatic rings. The second-order valence-electron chi connectivity index (χ2n) is 22.2. The van der Waals surface area contributed by atoms with Gasteiger partial charge in [-0.3, -0.25) is 15.4 Å². The van der Waals surface area contributed by atoms with E-state index < -0.39 is 17.0 Å². The smallest absolute Gasteiger partial charge is 0.320 e. The number of pyridine rings is 2. The van der Waals surface area contributed by atoms with Gasteiger partial charge in [-0.15, -0.1) is 0 Å². The number of carbonyl (C=O) groups is 3. The van der Waals surface area contributed by atoms with E-state index in [2.05, 4.69) is 71.9 Å². The summed E-state index contributed by atoms with van der Waals surface area (Å²) in [5.74, 6) is 3.43. The van der Waals surface area contributed by atoms with Crippen LogP contribution in [0.3, 0.4) is 0 Å². The number of ether oxygens (including phenoxy) is 4. The molecule has 442 valence electrons. The van der Waals surface area contributed by atoms with Crippen molar-refractivity contribution in [1.82, 2.24) is 60.6 Å². The monoisotopic (exact) mass is 1130 g/mol. The zero-order valence-electron chi connectivity index (χ0n) is 49.1. The van der Waals surface area contributed by atoms with Crippen molar-refractivity contribution in [2.45, 2.75) is 78.3 Å². The van der Waals surface area contributed by atoms with E-state index in [1.165, 1.54) is 0 Å². The van der Waals surface area contributed by atoms with Crippen LogP contribution in [0.5, 0.6) is 23.0 Å². The summed E-state index contributed by atoms with van der Waals surface area (Å²) in [5.41, 5.74) is 2.98. The van der Waals surface area contributed by atoms with Crippen LogP contribution in [0.15, 0.2) is 60.9 Å². The van der Waals surface area contributed by atoms with Crippen LogP contribution in [0.2, 0.25) is 0 Å². The first-order chi connectivity index (χ1) is 39.3. The lowest BCUT2D eigenvalue weighted by molar-refractivity contribution is -0.137. The first kappa shape index (κ1) is 61.7. The van der Waals surface area contributed by atoms with E-state index >= 15 is 0 Å². The van der Waals surface area contributed by atoms with Gasteiger partial charge in [-0.05, 0) is 128 Å². The molecule has 2 aliphatic heterocycles. The molecular weight excluding hydrogens is 1050 g/mol. The number of carboxylic acid groups (broad SMARTS) is 1. The fourth-order valence-electron chi connectivity index (χ4n) is 9.24. The van der Waals surface area contributed by atoms with E-state index in [9.17, 15) is 14.4 Å². The number of nitrogens with one attached hydrogen (secondary N) is 7. The third-order valence-corrected chi connectivity index (χ3v) is 13.3. The molecule has 2 aliphatic rings. The van der Waals surface area contributed by atoms with Crippen molar-refractivity contribution in [3.8, 4) is 45.3 Å². The molecule has 2 aromatic carbocycles. The molecule has 82 heavy (non-hydrogen) atoms. The number of hydrogen-bond acceptors (Lipinski definition) is 19. The second kappa shape index (κ2) is 29.2. The highest BCUT2D eigenvalue weighted by atomic mass is 16.5. The molecular formula is C58H82N16O8. The van der Waals surface area contributed by atoms with E-state index in [1.807, 2.05) is 77.9 Å². The zero-order chi connectivity index (χ0) is 58.8. The van der Waals surface area contributed by atoms with Gasteiger partial charge >= 0.3 is 18.0 Å². The lowest BCUT2D eigenvalue weighted by atomic mass is 10.0. The number of rotatable bonds is 22. The summed E-state index contributed by atoms with van der Waals surface area (Å²) in [6.07, 6.45) is 6.30. The van der Waals surface area contributed by atoms with Gasteiger partial charge in [0, 0.05) is 129 Å². The molecule has 8 N–H and O–H groups in total. The number of piperazine rings is 2. The van der Waals surface area contributed by atoms with Crippen LogP contribution in [0.25, 0.3) is 44.3 Å². The van der Waals surface area contributed by atoms with Crippen molar-refractivity contribution in [2.75, 3.05) is 135 Å². The molecule has 2 saturated heterocycles. The molecule has 0 spiro atoms. The number of aliphatic carboxylic acids is 1. The fourth-order valence-corrected chi connectivity index (χ4v) is 9.24. The van der Waals surface area contributed by atoms with E-state index in [4.69, 9.17) is 34.0 Å². The third-order valence-electron chi connectivity index (χ3n) is 13.3. The number of aromatic nitrogens is 6. The van der Waals surface area contributed by atoms with Gasteiger partial charge in [-0.2, -0.15) is 9.97 Å². The lowest BCUT2D eigenvalue weighted by Gasteiger charge is -2.34. The van der Waals surface area contributed by atoms with Crippen LogP contribution in [0.4, 0.5) is 33.1 Å². The van der Waals surface area contributed by atoms with Crippen molar-refractivity contribution < 1.29 is 38.4 Å². The number of hydrogen-bond donors (Lipinski definition) is 8. The minimum atomic E-state index is -0.734. The van der Waals surface area contributed by atoms with Crippen molar-refractivity contribution >= 4 is 63.6 Å². The second-order valence-corrected chi connectivity index (χ2v) is 22.2. The Balaban J connectivity index is 0.000000239. The summed E-state index contributed by atoms with van der Waals surface area (Å²) in [6.45, 7) is 23.9. The Hall–Kier alpha value is -7.93. The molecule has 6 heterocycles. The molecule has 2 fully saturated rings. The molecule has 4 amide bonds. The predicted molar refractivity (Wildman–Crippen MR) is 321 cm³/mol. The molecule has 24 nitrogen and oxygen atoms in total. The summed E-state index contributed by atoms with van der Waals surface area (Å²) < 4.78 is 21.8. The van der Waals surface area contributed by atoms with Gasteiger partial charge in [-0.1, -0.05) is 0 Å². The van der Waals surface area contributed by atoms with Crippen LogP contribution >= 0.6 is 0 Å². The van der Waals surface area contributed by atoms with E-state index in [1.54, 1.807) is 53.0 Å². The number of methoxy groups -OCH3 is 4. The minimum Gasteiger partial charge on any atom is -0.497 e. The van der Waals surface area contributed by atoms with E-state index in [0.717, 1.165) is 113 Å². The Bertz CT molecular complexity index is 3060. The maximum absolute atomic E-state index is 12.9. The molecule has 4 aromatic heterocycles. The first-order valence-electron chi connectivity index (χ1n) is 27.8. The van der Waals surface area contributed by atoms with Crippen molar-refractivity contribution in [3.63, 3.8) is 0 Å². The fraction of sp³-hybridized carbons (Fsp3) is 0.500. The molecule has 0 radical (unpaired) electrons. The van der Waals surface area contributed by atoms with Crippen LogP contribution < -0.4 is 56.2 Å². The largest absolute Gasteiger partial charge is 0.497 e. The summed E-state index contributed by atoms with van der Waals surface area (Å²) in [6, 6.07) is 14.1. The van der Waals surface area contributed by atoms with Crippen LogP contribution in [-0.2, 0) is 4.79 Å². The molecule has 0 saturated carbocycles. The lowest BCUT2D eigenvalue weighted by Crippen LogP contribution is -2.47. The number of carboxylic acids is 1. The number of carbonyl (C=O) groups excluding carboxylic acids is 2. The summed E-state index contributed by atoms with van der Waals surface area (Å²) in [7, 11) is 6.37. The van der Waals surface area contributed by atoms with Crippen LogP contribution in [0.1, 0.15) is 67.2 Å². The molecule has 0 unspecified atom stereocenters. The average molecular weight is 1130 g/mol. The molecule has 0 atom stereocenters. The van der Waals surface area contributed by atoms with Crippen LogP contribution in [0, 0.1) is 0 Å². The Morgan fingerprint density at radius 3 is 1.28 bits per heavy atom. The number of fused-ring (bicyclic) bond motifs is 2. The molecule has 0 bridgehead atoms. The topological polar surface area (TPSA) is 280 Å². The zero-order valence-corrected chi connectivity index (χ0v) is 49.1. The number of benzene rings is 2. The van der Waals surface area contributed by atoms with Crippen molar-refractivity contribution in [3.05, 3.63) is 60.9 Å². The number of amides is 4. The van der Waals surface area contributed by atoms with E-state index in [-0.39, 0.29) is 18.5 Å². The SMILES string of the molecule is COc1cc(OC)cc(-c2cc3cnc(NCCCN4CCN(CCCC(=O)O)CC4)nc3nc2NC(=O)NC(C)(C)C)c1.COc1cc(OC)cc(-c2cc3cnc(NCCCN4CCNCC4)nc3nc2NC(=O)NC(C)(C)C)c1. The van der Waals surface area contributed by atoms with Gasteiger partial charge in [0.15, 0.2) is 11.3 Å². The standard InChI is InChI=1S/C31H44N8O5.C27H38N8O3/c1-31(2,3)37-30(42)36-28-25(21-16-23(43-4)19-24(17-21)44-5)18-22-20-33-29(35-27(22)34-28)32-9-7-11-39-14-12-38(13-15-39)10-6-8-26(40)41;1-27(2,3)34-26(36)33-24-22(18-13-20(37-4)16-21(14-18)38-5)15-19-17-30-25(32-23(19)31-24)29-7-6-10-35-11-8-28-9-12-35/h16-20H,6-15H2,1-5H3,(H,40,41)(H3,32,33,34,35,36,37,42);13-17,28H,6-12H2,1-5H3,(H3,29,30,31,32,33,34,36). The highest BCUT2D eigenvalue weighted by molar-refractivity contribution is 5.98. The predicted octanol–water partition coefficient (Wildman–Crippen LogP) is 7.25. The third kappa shape index (κ3) is 19.1. The summed E-state index contributed by atoms with van der Waals surface area (Å²) in [5, 5.41) is 31.9. The van der Waals surface area contributed by atoms with E-state index in [0.29, 0.717) is 81.9 Å². The van der Waals surface area contributed by atoms with Crippen molar-refractivity contribution in [2.24, 2.45) is 0 Å². The first-order valence-corrected chi connectivity index (χ1v) is 27.8. The van der Waals surface area contributed by atoms with Crippen molar-refractivity contribution in [1.29, 1.82) is 0 Å². The Morgan fingerprint density at radius 1 is 0.537 bits per heavy atom. The Kier molecular flexibility index (Phi) is 21.9. The number of urea groups is 2. The maximum atomic E-state index is 12.9. The van der Waals surface area contributed by atoms with Gasteiger partial charge in [0.05, 0.1) is 28.4 Å². The Morgan fingerprint density at radius 2 is 0.915 bits per heavy atom.